The van der Waals surface area contributed by atoms with Gasteiger partial charge in [0.25, 0.3) is 0 Å². The van der Waals surface area contributed by atoms with Crippen LogP contribution in [0, 0.1) is 0 Å². The number of nitrogens with one attached hydrogen (secondary N) is 2. The summed E-state index contributed by atoms with van der Waals surface area (Å²) in [4.78, 5) is 9.19. The van der Waals surface area contributed by atoms with Gasteiger partial charge in [0.2, 0.25) is 5.95 Å². The van der Waals surface area contributed by atoms with Gasteiger partial charge in [0.1, 0.15) is 17.3 Å². The molecule has 4 aromatic carbocycles. The summed E-state index contributed by atoms with van der Waals surface area (Å²) in [5, 5.41) is 6.71. The van der Waals surface area contributed by atoms with Gasteiger partial charge in [-0.05, 0) is 62.4 Å². The first-order valence-electron chi connectivity index (χ1n) is 11.7. The van der Waals surface area contributed by atoms with Crippen LogP contribution >= 0.6 is 15.9 Å². The van der Waals surface area contributed by atoms with E-state index in [4.69, 9.17) is 14.5 Å². The first-order chi connectivity index (χ1) is 18.1. The highest BCUT2D eigenvalue weighted by Gasteiger charge is 2.13. The Morgan fingerprint density at radius 3 is 1.65 bits per heavy atom. The fraction of sp³-hybridized carbons (Fsp3) is 0.0667. The van der Waals surface area contributed by atoms with Gasteiger partial charge < -0.3 is 20.1 Å². The molecular formula is C30H25BrN4O2. The quantitative estimate of drug-likeness (QED) is 0.203. The van der Waals surface area contributed by atoms with Crippen molar-refractivity contribution in [3.8, 4) is 33.8 Å². The van der Waals surface area contributed by atoms with Crippen LogP contribution in [0.15, 0.2) is 108 Å². The lowest BCUT2D eigenvalue weighted by Gasteiger charge is -2.15. The average Bonchev–Trinajstić information content (AvgIpc) is 2.95. The molecule has 0 amide bonds. The molecule has 1 heterocycles. The van der Waals surface area contributed by atoms with Crippen LogP contribution in [-0.2, 0) is 0 Å². The highest BCUT2D eigenvalue weighted by molar-refractivity contribution is 9.10. The smallest absolute Gasteiger partial charge is 0.229 e. The van der Waals surface area contributed by atoms with E-state index in [1.165, 1.54) is 0 Å². The molecule has 0 saturated heterocycles. The molecule has 1 aromatic heterocycles. The van der Waals surface area contributed by atoms with E-state index in [0.29, 0.717) is 23.3 Å². The van der Waals surface area contributed by atoms with Crippen molar-refractivity contribution >= 4 is 39.1 Å². The third kappa shape index (κ3) is 5.57. The minimum atomic E-state index is 0.424. The van der Waals surface area contributed by atoms with Crippen molar-refractivity contribution in [2.24, 2.45) is 0 Å². The van der Waals surface area contributed by atoms with E-state index in [9.17, 15) is 0 Å². The Balaban J connectivity index is 1.46. The van der Waals surface area contributed by atoms with Gasteiger partial charge in [0.15, 0.2) is 0 Å². The normalized spacial score (nSPS) is 10.6. The molecule has 6 nitrogen and oxygen atoms in total. The SMILES string of the molecule is COc1ccc(-c2ccccc2)cc1Nc1ncc(Br)c(Nc2cc(-c3ccccc3)ccc2OC)n1. The monoisotopic (exact) mass is 552 g/mol. The Bertz CT molecular complexity index is 1510. The molecule has 0 unspecified atom stereocenters. The molecule has 2 N–H and O–H groups in total. The maximum absolute atomic E-state index is 5.61. The number of halogens is 1. The maximum atomic E-state index is 5.61. The lowest BCUT2D eigenvalue weighted by atomic mass is 10.0. The fourth-order valence-electron chi connectivity index (χ4n) is 3.99. The van der Waals surface area contributed by atoms with Crippen LogP contribution in [0.1, 0.15) is 0 Å². The summed E-state index contributed by atoms with van der Waals surface area (Å²) in [5.41, 5.74) is 5.90. The van der Waals surface area contributed by atoms with Crippen LogP contribution < -0.4 is 20.1 Å². The number of nitrogens with zero attached hydrogens (tertiary/aromatic N) is 2. The summed E-state index contributed by atoms with van der Waals surface area (Å²) in [6.07, 6.45) is 1.71. The molecule has 0 bridgehead atoms. The maximum Gasteiger partial charge on any atom is 0.229 e. The lowest BCUT2D eigenvalue weighted by molar-refractivity contribution is 0.417. The van der Waals surface area contributed by atoms with Gasteiger partial charge in [0.05, 0.1) is 30.1 Å². The van der Waals surface area contributed by atoms with Gasteiger partial charge >= 0.3 is 0 Å². The van der Waals surface area contributed by atoms with E-state index >= 15 is 0 Å². The highest BCUT2D eigenvalue weighted by Crippen LogP contribution is 2.36. The Morgan fingerprint density at radius 1 is 0.622 bits per heavy atom. The van der Waals surface area contributed by atoms with Crippen LogP contribution in [0.2, 0.25) is 0 Å². The van der Waals surface area contributed by atoms with Crippen LogP contribution in [0.4, 0.5) is 23.1 Å². The van der Waals surface area contributed by atoms with Crippen LogP contribution in [0.5, 0.6) is 11.5 Å². The molecule has 0 fully saturated rings. The van der Waals surface area contributed by atoms with Gasteiger partial charge in [-0.3, -0.25) is 0 Å². The summed E-state index contributed by atoms with van der Waals surface area (Å²) >= 11 is 3.57. The number of methoxy groups -OCH3 is 2. The second kappa shape index (κ2) is 11.1. The zero-order chi connectivity index (χ0) is 25.6. The van der Waals surface area contributed by atoms with Crippen molar-refractivity contribution in [2.75, 3.05) is 24.9 Å². The van der Waals surface area contributed by atoms with Crippen molar-refractivity contribution in [3.63, 3.8) is 0 Å². The molecule has 184 valence electrons. The number of ether oxygens (including phenoxy) is 2. The van der Waals surface area contributed by atoms with Crippen molar-refractivity contribution in [1.29, 1.82) is 0 Å². The third-order valence-electron chi connectivity index (χ3n) is 5.86. The number of anilines is 4. The molecular weight excluding hydrogens is 528 g/mol. The summed E-state index contributed by atoms with van der Waals surface area (Å²) in [7, 11) is 3.29. The number of rotatable bonds is 8. The predicted molar refractivity (Wildman–Crippen MR) is 153 cm³/mol. The second-order valence-electron chi connectivity index (χ2n) is 8.20. The van der Waals surface area contributed by atoms with E-state index in [2.05, 4.69) is 55.8 Å². The number of benzene rings is 4. The fourth-order valence-corrected chi connectivity index (χ4v) is 4.28. The molecule has 7 heteroatoms. The van der Waals surface area contributed by atoms with Gasteiger partial charge in [-0.1, -0.05) is 72.8 Å². The van der Waals surface area contributed by atoms with E-state index in [-0.39, 0.29) is 0 Å². The van der Waals surface area contributed by atoms with Crippen molar-refractivity contribution in [2.45, 2.75) is 0 Å². The second-order valence-corrected chi connectivity index (χ2v) is 9.06. The molecule has 0 aliphatic carbocycles. The molecule has 0 radical (unpaired) electrons. The van der Waals surface area contributed by atoms with Crippen LogP contribution in [0.3, 0.4) is 0 Å². The standard InChI is InChI=1S/C30H25BrN4O2/c1-36-27-15-13-22(20-9-5-3-6-10-20)17-25(27)33-29-24(31)19-32-30(35-29)34-26-18-23(14-16-28(26)37-2)21-11-7-4-8-12-21/h3-19H,1-2H3,(H2,32,33,34,35). The van der Waals surface area contributed by atoms with Gasteiger partial charge in [-0.25, -0.2) is 4.98 Å². The Kier molecular flexibility index (Phi) is 7.33. The summed E-state index contributed by atoms with van der Waals surface area (Å²) in [6.45, 7) is 0. The van der Waals surface area contributed by atoms with E-state index in [1.54, 1.807) is 20.4 Å². The van der Waals surface area contributed by atoms with Crippen LogP contribution in [-0.4, -0.2) is 24.2 Å². The molecule has 0 aliphatic rings. The number of hydrogen-bond acceptors (Lipinski definition) is 6. The number of hydrogen-bond donors (Lipinski definition) is 2. The highest BCUT2D eigenvalue weighted by atomic mass is 79.9. The van der Waals surface area contributed by atoms with E-state index < -0.39 is 0 Å². The topological polar surface area (TPSA) is 68.3 Å². The van der Waals surface area contributed by atoms with Crippen molar-refractivity contribution in [3.05, 3.63) is 108 Å². The zero-order valence-electron chi connectivity index (χ0n) is 20.4. The minimum Gasteiger partial charge on any atom is -0.495 e. The lowest BCUT2D eigenvalue weighted by Crippen LogP contribution is -2.03. The molecule has 5 aromatic rings. The largest absolute Gasteiger partial charge is 0.495 e. The van der Waals surface area contributed by atoms with E-state index in [0.717, 1.165) is 38.1 Å². The summed E-state index contributed by atoms with van der Waals surface area (Å²) in [6, 6.07) is 32.4. The van der Waals surface area contributed by atoms with Gasteiger partial charge in [-0.2, -0.15) is 4.98 Å². The van der Waals surface area contributed by atoms with E-state index in [1.807, 2.05) is 72.8 Å². The molecule has 5 rings (SSSR count). The molecule has 0 saturated carbocycles. The van der Waals surface area contributed by atoms with Gasteiger partial charge in [-0.15, -0.1) is 0 Å². The van der Waals surface area contributed by atoms with Crippen LogP contribution in [0.25, 0.3) is 22.3 Å². The molecule has 0 aliphatic heterocycles. The Labute approximate surface area is 224 Å². The first kappa shape index (κ1) is 24.3. The molecule has 37 heavy (non-hydrogen) atoms. The van der Waals surface area contributed by atoms with Crippen molar-refractivity contribution < 1.29 is 9.47 Å². The predicted octanol–water partition coefficient (Wildman–Crippen LogP) is 8.08. The minimum absolute atomic E-state index is 0.424. The molecule has 0 spiro atoms. The number of aromatic nitrogens is 2. The molecule has 0 atom stereocenters. The Hall–Kier alpha value is -4.36. The first-order valence-corrected chi connectivity index (χ1v) is 12.5. The third-order valence-corrected chi connectivity index (χ3v) is 6.44. The van der Waals surface area contributed by atoms with Crippen molar-refractivity contribution in [1.82, 2.24) is 9.97 Å². The summed E-state index contributed by atoms with van der Waals surface area (Å²) < 4.78 is 11.9. The summed E-state index contributed by atoms with van der Waals surface area (Å²) in [5.74, 6) is 2.42. The van der Waals surface area contributed by atoms with Gasteiger partial charge in [0, 0.05) is 6.20 Å². The Morgan fingerprint density at radius 2 is 1.14 bits per heavy atom. The zero-order valence-corrected chi connectivity index (χ0v) is 22.0. The average molecular weight is 553 g/mol.